The Balaban J connectivity index is 1.88. The number of benzene rings is 1. The van der Waals surface area contributed by atoms with Gasteiger partial charge in [0.15, 0.2) is 16.9 Å². The molecule has 0 fully saturated rings. The number of rotatable bonds is 3. The average Bonchev–Trinajstić information content (AvgIpc) is 2.74. The molecule has 22 heavy (non-hydrogen) atoms. The maximum atomic E-state index is 12.3. The minimum Gasteiger partial charge on any atom is -0.295 e. The van der Waals surface area contributed by atoms with Gasteiger partial charge in [0.2, 0.25) is 0 Å². The van der Waals surface area contributed by atoms with Gasteiger partial charge in [0.1, 0.15) is 12.2 Å². The molecule has 0 N–H and O–H groups in total. The molecule has 2 amide bonds. The fraction of sp³-hybridized carbons (Fsp3) is 0.118. The summed E-state index contributed by atoms with van der Waals surface area (Å²) in [5.74, 6) is -0.797. The smallest absolute Gasteiger partial charge is 0.295 e. The number of nitrogens with zero attached hydrogens (tertiary/aromatic N) is 1. The Hall–Kier alpha value is -2.55. The van der Waals surface area contributed by atoms with Crippen molar-refractivity contribution in [2.45, 2.75) is 13.5 Å². The first kappa shape index (κ1) is 14.4. The summed E-state index contributed by atoms with van der Waals surface area (Å²) in [6.07, 6.45) is 7.48. The lowest BCUT2D eigenvalue weighted by molar-refractivity contribution is -0.138. The van der Waals surface area contributed by atoms with E-state index in [4.69, 9.17) is 11.6 Å². The lowest BCUT2D eigenvalue weighted by Crippen LogP contribution is -2.31. The predicted molar refractivity (Wildman–Crippen MR) is 81.0 cm³/mol. The molecule has 1 aromatic carbocycles. The van der Waals surface area contributed by atoms with Gasteiger partial charge in [0.05, 0.1) is 12.6 Å². The van der Waals surface area contributed by atoms with E-state index in [1.54, 1.807) is 30.4 Å². The maximum absolute atomic E-state index is 12.3. The van der Waals surface area contributed by atoms with Crippen molar-refractivity contribution >= 4 is 29.2 Å². The molecule has 0 unspecified atom stereocenters. The van der Waals surface area contributed by atoms with E-state index >= 15 is 0 Å². The van der Waals surface area contributed by atoms with Crippen LogP contribution < -0.4 is 0 Å². The molecule has 2 aliphatic rings. The molecule has 0 saturated heterocycles. The van der Waals surface area contributed by atoms with Crippen molar-refractivity contribution in [3.8, 4) is 0 Å². The van der Waals surface area contributed by atoms with Crippen LogP contribution in [0, 0.1) is 6.08 Å². The van der Waals surface area contributed by atoms with Crippen molar-refractivity contribution in [2.75, 3.05) is 0 Å². The summed E-state index contributed by atoms with van der Waals surface area (Å²) in [7, 11) is 0. The second-order valence-electron chi connectivity index (χ2n) is 5.03. The minimum absolute atomic E-state index is 0.0728. The fourth-order valence-electron chi connectivity index (χ4n) is 2.39. The second kappa shape index (κ2) is 5.34. The van der Waals surface area contributed by atoms with Crippen LogP contribution in [0.3, 0.4) is 0 Å². The highest BCUT2D eigenvalue weighted by Gasteiger charge is 2.42. The molecule has 0 saturated carbocycles. The standard InChI is InChI=1S/C17H11ClNO3/c1-10(20)11-6-7-12(15(18)8-11)9-19-16(21)13-4-2-3-5-14(13)17(19)22/h2,4-8H,9H2,1H3/q+1. The van der Waals surface area contributed by atoms with Gasteiger partial charge in [-0.25, -0.2) is 0 Å². The highest BCUT2D eigenvalue weighted by Crippen LogP contribution is 2.28. The van der Waals surface area contributed by atoms with Crippen LogP contribution in [0.5, 0.6) is 0 Å². The summed E-state index contributed by atoms with van der Waals surface area (Å²) >= 11 is 6.15. The van der Waals surface area contributed by atoms with E-state index in [0.717, 1.165) is 4.90 Å². The average molecular weight is 313 g/mol. The fourth-order valence-corrected chi connectivity index (χ4v) is 2.63. The van der Waals surface area contributed by atoms with Crippen LogP contribution in [0.4, 0.5) is 0 Å². The van der Waals surface area contributed by atoms with Crippen molar-refractivity contribution < 1.29 is 14.4 Å². The third-order valence-corrected chi connectivity index (χ3v) is 3.96. The normalized spacial score (nSPS) is 16.2. The monoisotopic (exact) mass is 312 g/mol. The lowest BCUT2D eigenvalue weighted by Gasteiger charge is -2.14. The maximum Gasteiger partial charge on any atom is 0.319 e. The van der Waals surface area contributed by atoms with Crippen molar-refractivity contribution in [3.63, 3.8) is 0 Å². The van der Waals surface area contributed by atoms with Crippen molar-refractivity contribution in [1.82, 2.24) is 4.90 Å². The summed E-state index contributed by atoms with van der Waals surface area (Å²) in [5.41, 5.74) is 1.83. The van der Waals surface area contributed by atoms with Crippen molar-refractivity contribution in [2.24, 2.45) is 0 Å². The Morgan fingerprint density at radius 1 is 1.23 bits per heavy atom. The van der Waals surface area contributed by atoms with Gasteiger partial charge >= 0.3 is 5.91 Å². The molecule has 0 bridgehead atoms. The molecular weight excluding hydrogens is 302 g/mol. The number of carbonyl (C=O) groups is 3. The zero-order valence-electron chi connectivity index (χ0n) is 11.7. The zero-order chi connectivity index (χ0) is 15.9. The number of Topliss-reactive ketones (excluding diaryl/α,β-unsaturated/α-hetero) is 1. The molecule has 108 valence electrons. The summed E-state index contributed by atoms with van der Waals surface area (Å²) in [4.78, 5) is 37.0. The Labute approximate surface area is 132 Å². The van der Waals surface area contributed by atoms with E-state index in [0.29, 0.717) is 27.3 Å². The van der Waals surface area contributed by atoms with E-state index in [2.05, 4.69) is 6.08 Å². The molecule has 1 aromatic rings. The summed E-state index contributed by atoms with van der Waals surface area (Å²) in [6.45, 7) is 1.52. The van der Waals surface area contributed by atoms with E-state index in [-0.39, 0.29) is 24.1 Å². The number of halogens is 1. The number of imide groups is 1. The number of allylic oxidation sites excluding steroid dienone is 2. The quantitative estimate of drug-likeness (QED) is 0.490. The Morgan fingerprint density at radius 3 is 2.59 bits per heavy atom. The number of amides is 2. The van der Waals surface area contributed by atoms with Crippen LogP contribution in [0.15, 0.2) is 47.6 Å². The second-order valence-corrected chi connectivity index (χ2v) is 5.44. The van der Waals surface area contributed by atoms with Gasteiger partial charge in [0.25, 0.3) is 5.91 Å². The number of ketones is 1. The third kappa shape index (κ3) is 2.29. The van der Waals surface area contributed by atoms with Crippen LogP contribution in [0.25, 0.3) is 0 Å². The molecule has 0 aromatic heterocycles. The third-order valence-electron chi connectivity index (χ3n) is 3.60. The molecular formula is C17H11ClNO3+. The minimum atomic E-state index is -0.358. The predicted octanol–water partition coefficient (Wildman–Crippen LogP) is 2.64. The molecule has 0 radical (unpaired) electrons. The largest absolute Gasteiger partial charge is 0.319 e. The van der Waals surface area contributed by atoms with E-state index in [9.17, 15) is 14.4 Å². The number of hydrogen-bond donors (Lipinski definition) is 0. The van der Waals surface area contributed by atoms with E-state index < -0.39 is 0 Å². The Bertz CT molecular complexity index is 768. The Kier molecular flexibility index (Phi) is 3.49. The summed E-state index contributed by atoms with van der Waals surface area (Å²) in [5, 5.41) is 0.357. The topological polar surface area (TPSA) is 54.5 Å². The highest BCUT2D eigenvalue weighted by atomic mass is 35.5. The molecule has 0 spiro atoms. The molecule has 4 nitrogen and oxygen atoms in total. The van der Waals surface area contributed by atoms with E-state index in [1.807, 2.05) is 0 Å². The highest BCUT2D eigenvalue weighted by molar-refractivity contribution is 6.32. The Morgan fingerprint density at radius 2 is 1.95 bits per heavy atom. The lowest BCUT2D eigenvalue weighted by atomic mass is 10.1. The zero-order valence-corrected chi connectivity index (χ0v) is 12.5. The van der Waals surface area contributed by atoms with Gasteiger partial charge in [-0.1, -0.05) is 23.7 Å². The first-order chi connectivity index (χ1) is 10.5. The van der Waals surface area contributed by atoms with Gasteiger partial charge in [-0.15, -0.1) is 0 Å². The van der Waals surface area contributed by atoms with Crippen LogP contribution in [-0.4, -0.2) is 22.5 Å². The SMILES string of the molecule is CC(=O)c1ccc(CN2C(=O)C3=C(C=C[C+]=C3)C2=O)c(Cl)c1. The summed E-state index contributed by atoms with van der Waals surface area (Å²) in [6, 6.07) is 4.84. The molecule has 5 heteroatoms. The van der Waals surface area contributed by atoms with Gasteiger partial charge in [-0.3, -0.25) is 19.3 Å². The first-order valence-electron chi connectivity index (χ1n) is 6.64. The summed E-state index contributed by atoms with van der Waals surface area (Å²) < 4.78 is 0. The first-order valence-corrected chi connectivity index (χ1v) is 7.02. The van der Waals surface area contributed by atoms with E-state index in [1.165, 1.54) is 13.0 Å². The van der Waals surface area contributed by atoms with Crippen molar-refractivity contribution in [1.29, 1.82) is 0 Å². The number of hydrogen-bond acceptors (Lipinski definition) is 3. The van der Waals surface area contributed by atoms with Crippen LogP contribution in [-0.2, 0) is 16.1 Å². The van der Waals surface area contributed by atoms with Gasteiger partial charge in [0, 0.05) is 16.7 Å². The number of carbonyl (C=O) groups excluding carboxylic acids is 3. The van der Waals surface area contributed by atoms with Gasteiger partial charge in [-0.05, 0) is 18.6 Å². The molecule has 1 heterocycles. The van der Waals surface area contributed by atoms with Crippen LogP contribution in [0.1, 0.15) is 22.8 Å². The molecule has 1 aliphatic heterocycles. The van der Waals surface area contributed by atoms with Gasteiger partial charge in [-0.2, -0.15) is 0 Å². The van der Waals surface area contributed by atoms with Crippen LogP contribution in [0.2, 0.25) is 5.02 Å². The molecule has 1 aliphatic carbocycles. The van der Waals surface area contributed by atoms with Gasteiger partial charge < -0.3 is 0 Å². The molecule has 3 rings (SSSR count). The van der Waals surface area contributed by atoms with Crippen LogP contribution >= 0.6 is 11.6 Å². The van der Waals surface area contributed by atoms with Crippen molar-refractivity contribution in [3.05, 3.63) is 69.8 Å². The molecule has 0 atom stereocenters.